The first-order chi connectivity index (χ1) is 10.7. The Kier molecular flexibility index (Phi) is 3.66. The normalized spacial score (nSPS) is 14.4. The second-order valence-electron chi connectivity index (χ2n) is 5.07. The number of hydrogen-bond acceptors (Lipinski definition) is 4. The minimum atomic E-state index is -0.0622. The van der Waals surface area contributed by atoms with Crippen molar-refractivity contribution in [2.75, 3.05) is 5.01 Å². The van der Waals surface area contributed by atoms with Crippen LogP contribution in [0.3, 0.4) is 0 Å². The van der Waals surface area contributed by atoms with Crippen LogP contribution in [0.5, 0.6) is 0 Å². The predicted molar refractivity (Wildman–Crippen MR) is 88.4 cm³/mol. The number of hydrazine groups is 1. The third-order valence-corrected chi connectivity index (χ3v) is 3.49. The van der Waals surface area contributed by atoms with Crippen LogP contribution in [0.4, 0.5) is 5.69 Å². The van der Waals surface area contributed by atoms with E-state index in [1.165, 1.54) is 6.92 Å². The molecule has 0 amide bonds. The van der Waals surface area contributed by atoms with Crippen LogP contribution in [0, 0.1) is 0 Å². The molecule has 1 heterocycles. The van der Waals surface area contributed by atoms with Gasteiger partial charge in [-0.05, 0) is 19.1 Å². The van der Waals surface area contributed by atoms with Gasteiger partial charge in [-0.15, -0.1) is 0 Å². The van der Waals surface area contributed by atoms with Gasteiger partial charge in [0.15, 0.2) is 5.78 Å². The first kappa shape index (κ1) is 13.9. The van der Waals surface area contributed by atoms with Gasteiger partial charge in [0.25, 0.3) is 0 Å². The predicted octanol–water partition coefficient (Wildman–Crippen LogP) is 2.81. The van der Waals surface area contributed by atoms with Crippen molar-refractivity contribution in [3.05, 3.63) is 83.7 Å². The zero-order valence-electron chi connectivity index (χ0n) is 12.3. The molecule has 0 aliphatic carbocycles. The van der Waals surface area contributed by atoms with Crippen molar-refractivity contribution in [3.63, 3.8) is 0 Å². The number of benzene rings is 2. The summed E-state index contributed by atoms with van der Waals surface area (Å²) in [7, 11) is 0. The van der Waals surface area contributed by atoms with Gasteiger partial charge in [0.05, 0.1) is 28.9 Å². The molecule has 0 spiro atoms. The van der Waals surface area contributed by atoms with Crippen molar-refractivity contribution < 1.29 is 4.79 Å². The number of carbonyl (C=O) groups excluding carboxylic acids is 1. The molecule has 3 N–H and O–H groups in total. The molecule has 4 heteroatoms. The standard InChI is InChI=1S/C18H17N3O/c1-13(22)17-16(19)12-21(15-10-6-3-7-11-15)20-18(17)14-8-4-2-5-9-14/h2-12,20H,19H2,1H3. The van der Waals surface area contributed by atoms with E-state index in [1.54, 1.807) is 6.20 Å². The molecule has 0 radical (unpaired) electrons. The number of nitrogens with zero attached hydrogens (tertiary/aromatic N) is 1. The Bertz CT molecular complexity index is 748. The monoisotopic (exact) mass is 291 g/mol. The number of Topliss-reactive ketones (excluding diaryl/α,β-unsaturated/α-hetero) is 1. The van der Waals surface area contributed by atoms with Crippen LogP contribution in [0.2, 0.25) is 0 Å². The molecule has 3 rings (SSSR count). The van der Waals surface area contributed by atoms with Gasteiger partial charge in [-0.1, -0.05) is 48.5 Å². The summed E-state index contributed by atoms with van der Waals surface area (Å²) in [5, 5.41) is 1.82. The van der Waals surface area contributed by atoms with E-state index in [2.05, 4.69) is 5.43 Å². The zero-order chi connectivity index (χ0) is 15.5. The van der Waals surface area contributed by atoms with E-state index < -0.39 is 0 Å². The Labute approximate surface area is 129 Å². The lowest BCUT2D eigenvalue weighted by Crippen LogP contribution is -2.38. The number of allylic oxidation sites excluding steroid dienone is 1. The van der Waals surface area contributed by atoms with Crippen LogP contribution in [0.25, 0.3) is 5.70 Å². The number of nitrogens with one attached hydrogen (secondary N) is 1. The number of anilines is 1. The van der Waals surface area contributed by atoms with Gasteiger partial charge in [-0.25, -0.2) is 0 Å². The molecule has 0 unspecified atom stereocenters. The molecule has 110 valence electrons. The number of carbonyl (C=O) groups is 1. The maximum Gasteiger partial charge on any atom is 0.164 e. The second-order valence-corrected chi connectivity index (χ2v) is 5.07. The highest BCUT2D eigenvalue weighted by atomic mass is 16.1. The Morgan fingerprint density at radius 3 is 2.18 bits per heavy atom. The Hall–Kier alpha value is -3.01. The number of ketones is 1. The highest BCUT2D eigenvalue weighted by molar-refractivity contribution is 6.05. The average Bonchev–Trinajstić information content (AvgIpc) is 2.55. The van der Waals surface area contributed by atoms with Crippen molar-refractivity contribution >= 4 is 17.2 Å². The van der Waals surface area contributed by atoms with Crippen LogP contribution < -0.4 is 16.2 Å². The van der Waals surface area contributed by atoms with Crippen LogP contribution in [-0.2, 0) is 4.79 Å². The molecule has 2 aromatic rings. The summed E-state index contributed by atoms with van der Waals surface area (Å²) in [5.74, 6) is -0.0622. The minimum Gasteiger partial charge on any atom is -0.397 e. The molecule has 2 aromatic carbocycles. The van der Waals surface area contributed by atoms with Crippen LogP contribution in [0.1, 0.15) is 12.5 Å². The van der Waals surface area contributed by atoms with E-state index in [1.807, 2.05) is 65.7 Å². The molecule has 0 fully saturated rings. The molecule has 1 aliphatic rings. The van der Waals surface area contributed by atoms with Crippen LogP contribution in [-0.4, -0.2) is 5.78 Å². The SMILES string of the molecule is CC(=O)C1=C(c2ccccc2)NN(c2ccccc2)C=C1N. The maximum atomic E-state index is 12.0. The summed E-state index contributed by atoms with van der Waals surface area (Å²) >= 11 is 0. The highest BCUT2D eigenvalue weighted by Gasteiger charge is 2.23. The fourth-order valence-electron chi connectivity index (χ4n) is 2.48. The molecular formula is C18H17N3O. The number of para-hydroxylation sites is 1. The molecule has 0 aromatic heterocycles. The number of nitrogens with two attached hydrogens (primary N) is 1. The summed E-state index contributed by atoms with van der Waals surface area (Å²) in [4.78, 5) is 12.0. The van der Waals surface area contributed by atoms with Gasteiger partial charge in [0.1, 0.15) is 0 Å². The van der Waals surface area contributed by atoms with Crippen molar-refractivity contribution in [2.45, 2.75) is 6.92 Å². The first-order valence-corrected chi connectivity index (χ1v) is 7.06. The Morgan fingerprint density at radius 2 is 1.59 bits per heavy atom. The smallest absolute Gasteiger partial charge is 0.164 e. The largest absolute Gasteiger partial charge is 0.397 e. The highest BCUT2D eigenvalue weighted by Crippen LogP contribution is 2.27. The first-order valence-electron chi connectivity index (χ1n) is 7.06. The van der Waals surface area contributed by atoms with Gasteiger partial charge in [-0.2, -0.15) is 0 Å². The van der Waals surface area contributed by atoms with Crippen molar-refractivity contribution in [1.29, 1.82) is 0 Å². The average molecular weight is 291 g/mol. The molecule has 0 atom stereocenters. The molecule has 0 saturated heterocycles. The molecule has 4 nitrogen and oxygen atoms in total. The van der Waals surface area contributed by atoms with Gasteiger partial charge in [0.2, 0.25) is 0 Å². The van der Waals surface area contributed by atoms with Crippen molar-refractivity contribution in [1.82, 2.24) is 5.43 Å². The topological polar surface area (TPSA) is 58.4 Å². The van der Waals surface area contributed by atoms with Gasteiger partial charge in [-0.3, -0.25) is 15.2 Å². The molecule has 0 bridgehead atoms. The van der Waals surface area contributed by atoms with Gasteiger partial charge in [0, 0.05) is 5.56 Å². The summed E-state index contributed by atoms with van der Waals surface area (Å²) in [6.45, 7) is 1.53. The third kappa shape index (κ3) is 2.59. The minimum absolute atomic E-state index is 0.0622. The number of hydrogen-bond donors (Lipinski definition) is 2. The Balaban J connectivity index is 2.08. The zero-order valence-corrected chi connectivity index (χ0v) is 12.3. The summed E-state index contributed by atoms with van der Waals surface area (Å²) in [5.41, 5.74) is 13.0. The van der Waals surface area contributed by atoms with Crippen molar-refractivity contribution in [2.24, 2.45) is 5.73 Å². The second kappa shape index (κ2) is 5.77. The van der Waals surface area contributed by atoms with E-state index in [-0.39, 0.29) is 5.78 Å². The molecule has 1 aliphatic heterocycles. The lowest BCUT2D eigenvalue weighted by atomic mass is 10.0. The Morgan fingerprint density at radius 1 is 1.00 bits per heavy atom. The lowest BCUT2D eigenvalue weighted by molar-refractivity contribution is -0.113. The molecular weight excluding hydrogens is 274 g/mol. The maximum absolute atomic E-state index is 12.0. The lowest BCUT2D eigenvalue weighted by Gasteiger charge is -2.30. The summed E-state index contributed by atoms with van der Waals surface area (Å²) < 4.78 is 0. The van der Waals surface area contributed by atoms with E-state index >= 15 is 0 Å². The van der Waals surface area contributed by atoms with Crippen LogP contribution >= 0.6 is 0 Å². The fourth-order valence-corrected chi connectivity index (χ4v) is 2.48. The van der Waals surface area contributed by atoms with E-state index in [0.717, 1.165) is 16.9 Å². The van der Waals surface area contributed by atoms with Gasteiger partial charge < -0.3 is 5.73 Å². The van der Waals surface area contributed by atoms with E-state index in [9.17, 15) is 4.79 Å². The molecule has 0 saturated carbocycles. The quantitative estimate of drug-likeness (QED) is 0.913. The van der Waals surface area contributed by atoms with E-state index in [0.29, 0.717) is 11.3 Å². The van der Waals surface area contributed by atoms with E-state index in [4.69, 9.17) is 5.73 Å². The number of rotatable bonds is 3. The summed E-state index contributed by atoms with van der Waals surface area (Å²) in [6, 6.07) is 19.5. The summed E-state index contributed by atoms with van der Waals surface area (Å²) in [6.07, 6.45) is 1.73. The van der Waals surface area contributed by atoms with Crippen molar-refractivity contribution in [3.8, 4) is 0 Å². The van der Waals surface area contributed by atoms with Crippen LogP contribution in [0.15, 0.2) is 78.1 Å². The van der Waals surface area contributed by atoms with Gasteiger partial charge >= 0.3 is 0 Å². The fraction of sp³-hybridized carbons (Fsp3) is 0.0556. The molecule has 22 heavy (non-hydrogen) atoms. The third-order valence-electron chi connectivity index (χ3n) is 3.49.